The number of aliphatic hydroxyl groups is 1. The van der Waals surface area contributed by atoms with Gasteiger partial charge in [-0.25, -0.2) is 4.79 Å². The molecule has 0 atom stereocenters. The van der Waals surface area contributed by atoms with Crippen molar-refractivity contribution in [2.75, 3.05) is 24.7 Å². The van der Waals surface area contributed by atoms with Gasteiger partial charge in [-0.1, -0.05) is 18.2 Å². The average Bonchev–Trinajstić information content (AvgIpc) is 2.69. The molecule has 1 aliphatic rings. The molecular formula is C11H13NO3. The Labute approximate surface area is 88.1 Å². The van der Waals surface area contributed by atoms with E-state index in [-0.39, 0.29) is 19.3 Å². The highest BCUT2D eigenvalue weighted by atomic mass is 16.6. The van der Waals surface area contributed by atoms with E-state index in [2.05, 4.69) is 0 Å². The Balaban J connectivity index is 2.10. The molecule has 1 aromatic carbocycles. The van der Waals surface area contributed by atoms with Gasteiger partial charge in [0.25, 0.3) is 0 Å². The first kappa shape index (κ1) is 9.98. The Kier molecular flexibility index (Phi) is 2.87. The van der Waals surface area contributed by atoms with Gasteiger partial charge in [-0.3, -0.25) is 4.90 Å². The molecule has 0 aromatic heterocycles. The van der Waals surface area contributed by atoms with Crippen molar-refractivity contribution in [2.24, 2.45) is 0 Å². The number of benzene rings is 1. The van der Waals surface area contributed by atoms with Crippen LogP contribution in [0.2, 0.25) is 0 Å². The summed E-state index contributed by atoms with van der Waals surface area (Å²) in [5, 5.41) is 8.56. The number of anilines is 1. The van der Waals surface area contributed by atoms with Crippen LogP contribution < -0.4 is 4.90 Å². The number of nitrogens with zero attached hydrogens (tertiary/aromatic N) is 1. The fourth-order valence-electron chi connectivity index (χ4n) is 1.74. The van der Waals surface area contributed by atoms with Gasteiger partial charge >= 0.3 is 6.09 Å². The normalized spacial score (nSPS) is 13.8. The Morgan fingerprint density at radius 2 is 2.27 bits per heavy atom. The van der Waals surface area contributed by atoms with Crippen LogP contribution in [-0.2, 0) is 11.2 Å². The molecule has 0 fully saturated rings. The van der Waals surface area contributed by atoms with Crippen molar-refractivity contribution < 1.29 is 14.6 Å². The molecule has 0 unspecified atom stereocenters. The first-order valence-corrected chi connectivity index (χ1v) is 4.96. The van der Waals surface area contributed by atoms with E-state index in [0.29, 0.717) is 6.54 Å². The Bertz CT molecular complexity index is 365. The van der Waals surface area contributed by atoms with E-state index >= 15 is 0 Å². The Morgan fingerprint density at radius 3 is 3.07 bits per heavy atom. The summed E-state index contributed by atoms with van der Waals surface area (Å²) in [4.78, 5) is 13.2. The van der Waals surface area contributed by atoms with Crippen LogP contribution in [0.25, 0.3) is 0 Å². The molecule has 0 aliphatic carbocycles. The van der Waals surface area contributed by atoms with Gasteiger partial charge in [-0.15, -0.1) is 0 Å². The molecule has 1 aliphatic heterocycles. The minimum absolute atomic E-state index is 0.0531. The van der Waals surface area contributed by atoms with E-state index in [4.69, 9.17) is 9.84 Å². The van der Waals surface area contributed by atoms with E-state index in [1.165, 1.54) is 5.56 Å². The number of para-hydroxylation sites is 1. The lowest BCUT2D eigenvalue weighted by atomic mass is 10.2. The standard InChI is InChI=1S/C11H13NO3/c13-7-8-15-11(14)12-6-5-9-3-1-2-4-10(9)12/h1-4,13H,5-8H2. The van der Waals surface area contributed by atoms with Crippen molar-refractivity contribution in [3.8, 4) is 0 Å². The summed E-state index contributed by atoms with van der Waals surface area (Å²) in [6.07, 6.45) is 0.485. The van der Waals surface area contributed by atoms with E-state index in [1.54, 1.807) is 4.90 Å². The van der Waals surface area contributed by atoms with Crippen LogP contribution in [0.5, 0.6) is 0 Å². The lowest BCUT2D eigenvalue weighted by molar-refractivity contribution is 0.125. The topological polar surface area (TPSA) is 49.8 Å². The van der Waals surface area contributed by atoms with Gasteiger partial charge in [0, 0.05) is 6.54 Å². The molecule has 1 N–H and O–H groups in total. The molecule has 0 saturated heterocycles. The largest absolute Gasteiger partial charge is 0.447 e. The van der Waals surface area contributed by atoms with Gasteiger partial charge in [0.15, 0.2) is 0 Å². The van der Waals surface area contributed by atoms with Crippen molar-refractivity contribution in [1.82, 2.24) is 0 Å². The van der Waals surface area contributed by atoms with E-state index < -0.39 is 0 Å². The van der Waals surface area contributed by atoms with Crippen LogP contribution in [-0.4, -0.2) is 31.0 Å². The zero-order chi connectivity index (χ0) is 10.7. The highest BCUT2D eigenvalue weighted by Gasteiger charge is 2.24. The van der Waals surface area contributed by atoms with Crippen molar-refractivity contribution in [3.05, 3.63) is 29.8 Å². The first-order valence-electron chi connectivity index (χ1n) is 4.96. The number of hydrogen-bond acceptors (Lipinski definition) is 3. The smallest absolute Gasteiger partial charge is 0.414 e. The SMILES string of the molecule is O=C(OCCO)N1CCc2ccccc21. The van der Waals surface area contributed by atoms with Crippen LogP contribution in [0.3, 0.4) is 0 Å². The number of carbonyl (C=O) groups excluding carboxylic acids is 1. The molecule has 80 valence electrons. The summed E-state index contributed by atoms with van der Waals surface area (Å²) in [5.74, 6) is 0. The third kappa shape index (κ3) is 1.94. The van der Waals surface area contributed by atoms with Crippen LogP contribution >= 0.6 is 0 Å². The minimum atomic E-state index is -0.381. The molecular weight excluding hydrogens is 194 g/mol. The van der Waals surface area contributed by atoms with Crippen molar-refractivity contribution in [2.45, 2.75) is 6.42 Å². The summed E-state index contributed by atoms with van der Waals surface area (Å²) < 4.78 is 4.87. The maximum atomic E-state index is 11.6. The molecule has 0 bridgehead atoms. The molecule has 0 saturated carbocycles. The second kappa shape index (κ2) is 4.31. The highest BCUT2D eigenvalue weighted by molar-refractivity contribution is 5.90. The zero-order valence-electron chi connectivity index (χ0n) is 8.35. The van der Waals surface area contributed by atoms with Crippen LogP contribution in [0.15, 0.2) is 24.3 Å². The van der Waals surface area contributed by atoms with Gasteiger partial charge in [-0.05, 0) is 18.1 Å². The van der Waals surface area contributed by atoms with E-state index in [0.717, 1.165) is 12.1 Å². The monoisotopic (exact) mass is 207 g/mol. The predicted molar refractivity (Wildman–Crippen MR) is 55.9 cm³/mol. The number of fused-ring (bicyclic) bond motifs is 1. The molecule has 0 spiro atoms. The van der Waals surface area contributed by atoms with Gasteiger partial charge in [-0.2, -0.15) is 0 Å². The van der Waals surface area contributed by atoms with Crippen molar-refractivity contribution >= 4 is 11.8 Å². The second-order valence-electron chi connectivity index (χ2n) is 3.37. The number of hydrogen-bond donors (Lipinski definition) is 1. The first-order chi connectivity index (χ1) is 7.33. The third-order valence-corrected chi connectivity index (χ3v) is 2.42. The second-order valence-corrected chi connectivity index (χ2v) is 3.37. The summed E-state index contributed by atoms with van der Waals surface area (Å²) in [6.45, 7) is 0.572. The maximum absolute atomic E-state index is 11.6. The Morgan fingerprint density at radius 1 is 1.47 bits per heavy atom. The Hall–Kier alpha value is -1.55. The molecule has 4 heteroatoms. The van der Waals surface area contributed by atoms with Crippen LogP contribution in [0.1, 0.15) is 5.56 Å². The number of carbonyl (C=O) groups is 1. The molecule has 1 amide bonds. The van der Waals surface area contributed by atoms with Crippen LogP contribution in [0, 0.1) is 0 Å². The molecule has 0 radical (unpaired) electrons. The molecule has 1 heterocycles. The van der Waals surface area contributed by atoms with E-state index in [9.17, 15) is 4.79 Å². The summed E-state index contributed by atoms with van der Waals surface area (Å²) in [5.41, 5.74) is 2.08. The summed E-state index contributed by atoms with van der Waals surface area (Å²) in [6, 6.07) is 7.77. The van der Waals surface area contributed by atoms with Gasteiger partial charge in [0.05, 0.1) is 12.3 Å². The fourth-order valence-corrected chi connectivity index (χ4v) is 1.74. The lowest BCUT2D eigenvalue weighted by Crippen LogP contribution is -2.30. The average molecular weight is 207 g/mol. The fraction of sp³-hybridized carbons (Fsp3) is 0.364. The number of ether oxygens (including phenoxy) is 1. The molecule has 1 aromatic rings. The molecule has 2 rings (SSSR count). The van der Waals surface area contributed by atoms with Crippen LogP contribution in [0.4, 0.5) is 10.5 Å². The maximum Gasteiger partial charge on any atom is 0.414 e. The summed E-state index contributed by atoms with van der Waals surface area (Å²) in [7, 11) is 0. The van der Waals surface area contributed by atoms with Crippen molar-refractivity contribution in [3.63, 3.8) is 0 Å². The van der Waals surface area contributed by atoms with Gasteiger partial charge < -0.3 is 9.84 Å². The lowest BCUT2D eigenvalue weighted by Gasteiger charge is -2.16. The van der Waals surface area contributed by atoms with Gasteiger partial charge in [0.1, 0.15) is 6.61 Å². The van der Waals surface area contributed by atoms with E-state index in [1.807, 2.05) is 24.3 Å². The number of rotatable bonds is 2. The number of aliphatic hydroxyl groups excluding tert-OH is 1. The summed E-state index contributed by atoms with van der Waals surface area (Å²) >= 11 is 0. The highest BCUT2D eigenvalue weighted by Crippen LogP contribution is 2.27. The zero-order valence-corrected chi connectivity index (χ0v) is 8.35. The molecule has 15 heavy (non-hydrogen) atoms. The quantitative estimate of drug-likeness (QED) is 0.792. The molecule has 4 nitrogen and oxygen atoms in total. The van der Waals surface area contributed by atoms with Gasteiger partial charge in [0.2, 0.25) is 0 Å². The third-order valence-electron chi connectivity index (χ3n) is 2.42. The van der Waals surface area contributed by atoms with Crippen molar-refractivity contribution in [1.29, 1.82) is 0 Å². The number of amides is 1. The predicted octanol–water partition coefficient (Wildman–Crippen LogP) is 1.18. The minimum Gasteiger partial charge on any atom is -0.447 e.